The van der Waals surface area contributed by atoms with Crippen molar-refractivity contribution >= 4 is 46.4 Å². The predicted octanol–water partition coefficient (Wildman–Crippen LogP) is 7.05. The first-order valence-electron chi connectivity index (χ1n) is 13.5. The highest BCUT2D eigenvalue weighted by molar-refractivity contribution is 6.35. The molecule has 1 unspecified atom stereocenters. The van der Waals surface area contributed by atoms with Gasteiger partial charge in [-0.3, -0.25) is 9.59 Å². The van der Waals surface area contributed by atoms with E-state index in [1.165, 1.54) is 7.11 Å². The number of halogens is 3. The maximum Gasteiger partial charge on any atom is 0.180 e. The van der Waals surface area contributed by atoms with Crippen LogP contribution in [0.5, 0.6) is 11.5 Å². The van der Waals surface area contributed by atoms with Crippen LogP contribution in [-0.4, -0.2) is 41.1 Å². The van der Waals surface area contributed by atoms with Gasteiger partial charge in [-0.05, 0) is 53.5 Å². The molecule has 0 radical (unpaired) electrons. The van der Waals surface area contributed by atoms with E-state index in [2.05, 4.69) is 0 Å². The summed E-state index contributed by atoms with van der Waals surface area (Å²) in [4.78, 5) is 27.2. The number of benzene rings is 2. The number of hydrogen-bond donors (Lipinski definition) is 2. The zero-order valence-electron chi connectivity index (χ0n) is 23.5. The number of Topliss-reactive ketones (excluding diaryl/α,β-unsaturated/α-hetero) is 2. The minimum Gasteiger partial charge on any atom is -0.493 e. The number of ether oxygens (including phenoxy) is 2. The van der Waals surface area contributed by atoms with Crippen LogP contribution in [-0.2, 0) is 16.2 Å². The molecule has 0 amide bonds. The largest absolute Gasteiger partial charge is 0.493 e. The molecule has 2 saturated carbocycles. The molecule has 6 nitrogen and oxygen atoms in total. The topological polar surface area (TPSA) is 93.1 Å². The maximum atomic E-state index is 13.6. The highest BCUT2D eigenvalue weighted by atomic mass is 35.5. The quantitative estimate of drug-likeness (QED) is 0.349. The summed E-state index contributed by atoms with van der Waals surface area (Å²) in [6.07, 6.45) is -0.636. The summed E-state index contributed by atoms with van der Waals surface area (Å²) in [6.45, 7) is 7.88. The van der Waals surface area contributed by atoms with E-state index in [9.17, 15) is 19.8 Å². The summed E-state index contributed by atoms with van der Waals surface area (Å²) in [6, 6.07) is 8.42. The fourth-order valence-electron chi connectivity index (χ4n) is 6.52. The first-order chi connectivity index (χ1) is 18.6. The number of methoxy groups -OCH3 is 1. The SMILES string of the molecule is COc1cc(C([C@H]2C(=O)CC(C)(C)C[C@H]2O)[C@@H]2C(=O)CC(C)(C)C[C@@H]2O)cc(Cl)c1OCc1ccc(Cl)cc1Cl. The number of aliphatic hydroxyl groups is 2. The Labute approximate surface area is 250 Å². The monoisotopic (exact) mass is 610 g/mol. The summed E-state index contributed by atoms with van der Waals surface area (Å²) >= 11 is 19.1. The maximum absolute atomic E-state index is 13.6. The average molecular weight is 612 g/mol. The highest BCUT2D eigenvalue weighted by Gasteiger charge is 2.52. The van der Waals surface area contributed by atoms with Gasteiger partial charge in [0, 0.05) is 34.4 Å². The molecule has 9 heteroatoms. The van der Waals surface area contributed by atoms with Gasteiger partial charge < -0.3 is 19.7 Å². The molecule has 40 heavy (non-hydrogen) atoms. The van der Waals surface area contributed by atoms with Crippen LogP contribution in [0.25, 0.3) is 0 Å². The van der Waals surface area contributed by atoms with E-state index in [1.807, 2.05) is 27.7 Å². The van der Waals surface area contributed by atoms with Crippen molar-refractivity contribution < 1.29 is 29.3 Å². The lowest BCUT2D eigenvalue weighted by atomic mass is 9.58. The zero-order valence-corrected chi connectivity index (χ0v) is 25.7. The minimum atomic E-state index is -0.982. The number of ketones is 2. The van der Waals surface area contributed by atoms with Crippen molar-refractivity contribution in [2.45, 2.75) is 78.1 Å². The summed E-state index contributed by atoms with van der Waals surface area (Å²) < 4.78 is 11.7. The molecule has 2 aromatic rings. The Balaban J connectivity index is 1.76. The molecule has 2 aliphatic rings. The lowest BCUT2D eigenvalue weighted by Gasteiger charge is -2.46. The van der Waals surface area contributed by atoms with Crippen molar-refractivity contribution in [3.63, 3.8) is 0 Å². The number of carbonyl (C=O) groups excluding carboxylic acids is 2. The first kappa shape index (κ1) is 31.1. The summed E-state index contributed by atoms with van der Waals surface area (Å²) in [5, 5.41) is 23.7. The normalized spacial score (nSPS) is 26.9. The predicted molar refractivity (Wildman–Crippen MR) is 157 cm³/mol. The molecule has 4 rings (SSSR count). The van der Waals surface area contributed by atoms with Crippen LogP contribution in [0.2, 0.25) is 15.1 Å². The molecule has 0 heterocycles. The van der Waals surface area contributed by atoms with Gasteiger partial charge in [0.15, 0.2) is 11.5 Å². The third-order valence-electron chi connectivity index (χ3n) is 8.20. The van der Waals surface area contributed by atoms with Crippen molar-refractivity contribution in [1.82, 2.24) is 0 Å². The fourth-order valence-corrected chi connectivity index (χ4v) is 7.25. The number of hydrogen-bond acceptors (Lipinski definition) is 6. The smallest absolute Gasteiger partial charge is 0.180 e. The molecule has 5 atom stereocenters. The molecule has 218 valence electrons. The lowest BCUT2D eigenvalue weighted by Crippen LogP contribution is -2.51. The third-order valence-corrected chi connectivity index (χ3v) is 9.07. The van der Waals surface area contributed by atoms with Crippen molar-refractivity contribution in [3.05, 3.63) is 56.5 Å². The van der Waals surface area contributed by atoms with Crippen LogP contribution < -0.4 is 9.47 Å². The van der Waals surface area contributed by atoms with E-state index in [1.54, 1.807) is 30.3 Å². The second kappa shape index (κ2) is 11.8. The van der Waals surface area contributed by atoms with E-state index in [-0.39, 0.29) is 52.6 Å². The van der Waals surface area contributed by atoms with Gasteiger partial charge in [-0.1, -0.05) is 68.6 Å². The first-order valence-corrected chi connectivity index (χ1v) is 14.6. The molecule has 0 aromatic heterocycles. The molecule has 0 aliphatic heterocycles. The van der Waals surface area contributed by atoms with Crippen LogP contribution in [0.15, 0.2) is 30.3 Å². The fraction of sp³-hybridized carbons (Fsp3) is 0.548. The molecular formula is C31H37Cl3O6. The van der Waals surface area contributed by atoms with Gasteiger partial charge in [-0.2, -0.15) is 0 Å². The molecule has 0 spiro atoms. The van der Waals surface area contributed by atoms with Crippen molar-refractivity contribution in [1.29, 1.82) is 0 Å². The van der Waals surface area contributed by atoms with Crippen LogP contribution in [0, 0.1) is 22.7 Å². The van der Waals surface area contributed by atoms with E-state index >= 15 is 0 Å². The lowest BCUT2D eigenvalue weighted by molar-refractivity contribution is -0.144. The number of carbonyl (C=O) groups is 2. The molecule has 0 bridgehead atoms. The van der Waals surface area contributed by atoms with Crippen molar-refractivity contribution in [2.24, 2.45) is 22.7 Å². The third kappa shape index (κ3) is 6.63. The van der Waals surface area contributed by atoms with Crippen LogP contribution in [0.3, 0.4) is 0 Å². The van der Waals surface area contributed by atoms with Gasteiger partial charge in [-0.15, -0.1) is 0 Å². The van der Waals surface area contributed by atoms with Gasteiger partial charge in [0.2, 0.25) is 0 Å². The Morgan fingerprint density at radius 3 is 1.90 bits per heavy atom. The number of aliphatic hydroxyl groups excluding tert-OH is 2. The van der Waals surface area contributed by atoms with Gasteiger partial charge >= 0.3 is 0 Å². The standard InChI is InChI=1S/C31H37Cl3O6/c1-30(2)11-21(35)27(22(36)12-30)26(28-23(37)13-31(3,4)14-24(28)38)17-8-20(34)29(25(9-17)39-5)40-15-16-6-7-18(32)10-19(16)33/h6-10,21,23,26-28,35,37H,11-15H2,1-5H3/t21-,23+,26?,27-,28+. The van der Waals surface area contributed by atoms with Gasteiger partial charge in [0.25, 0.3) is 0 Å². The van der Waals surface area contributed by atoms with E-state index in [4.69, 9.17) is 44.3 Å². The molecule has 0 saturated heterocycles. The van der Waals surface area contributed by atoms with Crippen molar-refractivity contribution in [3.8, 4) is 11.5 Å². The van der Waals surface area contributed by atoms with Gasteiger partial charge in [0.1, 0.15) is 18.2 Å². The van der Waals surface area contributed by atoms with Crippen molar-refractivity contribution in [2.75, 3.05) is 7.11 Å². The second-order valence-corrected chi connectivity index (χ2v) is 14.0. The molecule has 2 aliphatic carbocycles. The second-order valence-electron chi connectivity index (χ2n) is 12.8. The van der Waals surface area contributed by atoms with E-state index in [0.29, 0.717) is 39.8 Å². The van der Waals surface area contributed by atoms with Crippen LogP contribution in [0.4, 0.5) is 0 Å². The summed E-state index contributed by atoms with van der Waals surface area (Å²) in [5.41, 5.74) is 0.492. The Hall–Kier alpha value is -1.83. The Kier molecular flexibility index (Phi) is 9.19. The van der Waals surface area contributed by atoms with Crippen LogP contribution in [0.1, 0.15) is 70.4 Å². The molecular weight excluding hydrogens is 575 g/mol. The number of rotatable bonds is 7. The molecule has 2 N–H and O–H groups in total. The zero-order chi connectivity index (χ0) is 29.6. The Morgan fingerprint density at radius 1 is 0.875 bits per heavy atom. The van der Waals surface area contributed by atoms with Gasteiger partial charge in [0.05, 0.1) is 36.2 Å². The average Bonchev–Trinajstić information content (AvgIpc) is 2.80. The van der Waals surface area contributed by atoms with Crippen LogP contribution >= 0.6 is 34.8 Å². The Morgan fingerprint density at radius 2 is 1.43 bits per heavy atom. The van der Waals surface area contributed by atoms with E-state index in [0.717, 1.165) is 0 Å². The summed E-state index contributed by atoms with van der Waals surface area (Å²) in [5.74, 6) is -2.24. The molecule has 2 fully saturated rings. The highest BCUT2D eigenvalue weighted by Crippen LogP contribution is 2.51. The summed E-state index contributed by atoms with van der Waals surface area (Å²) in [7, 11) is 1.47. The van der Waals surface area contributed by atoms with Gasteiger partial charge in [-0.25, -0.2) is 0 Å². The minimum absolute atomic E-state index is 0.0959. The molecule has 2 aromatic carbocycles. The van der Waals surface area contributed by atoms with E-state index < -0.39 is 30.0 Å². The Bertz CT molecular complexity index is 1250.